The predicted molar refractivity (Wildman–Crippen MR) is 97.6 cm³/mol. The molecule has 0 fully saturated rings. The number of ether oxygens (including phenoxy) is 1. The van der Waals surface area contributed by atoms with E-state index in [0.29, 0.717) is 11.1 Å². The number of nitro benzene ring substituents is 1. The van der Waals surface area contributed by atoms with E-state index in [9.17, 15) is 14.9 Å². The highest BCUT2D eigenvalue weighted by Crippen LogP contribution is 2.24. The molecule has 0 aliphatic carbocycles. The van der Waals surface area contributed by atoms with E-state index in [1.807, 2.05) is 24.3 Å². The quantitative estimate of drug-likeness (QED) is 0.242. The van der Waals surface area contributed by atoms with Gasteiger partial charge in [0.1, 0.15) is 0 Å². The third-order valence-electron chi connectivity index (χ3n) is 3.43. The Balaban J connectivity index is 1.98. The molecule has 0 atom stereocenters. The summed E-state index contributed by atoms with van der Waals surface area (Å²) in [6.07, 6.45) is 1.63. The smallest absolute Gasteiger partial charge is 0.363 e. The molecule has 0 saturated carbocycles. The van der Waals surface area contributed by atoms with Gasteiger partial charge in [-0.1, -0.05) is 18.2 Å². The second-order valence-electron chi connectivity index (χ2n) is 5.15. The number of hydrogen-bond acceptors (Lipinski definition) is 5. The summed E-state index contributed by atoms with van der Waals surface area (Å²) in [5, 5.41) is 11.0. The van der Waals surface area contributed by atoms with Crippen molar-refractivity contribution >= 4 is 46.2 Å². The molecule has 120 valence electrons. The number of benzene rings is 2. The summed E-state index contributed by atoms with van der Waals surface area (Å²) in [6.45, 7) is 1.65. The Kier molecular flexibility index (Phi) is 4.43. The fraction of sp³-hybridized carbons (Fsp3) is 0.0588. The minimum atomic E-state index is -0.577. The molecule has 1 aliphatic heterocycles. The first kappa shape index (κ1) is 16.3. The molecule has 24 heavy (non-hydrogen) atoms. The van der Waals surface area contributed by atoms with Crippen molar-refractivity contribution < 1.29 is 14.5 Å². The number of carbonyl (C=O) groups excluding carboxylic acids is 1. The van der Waals surface area contributed by atoms with Gasteiger partial charge in [-0.25, -0.2) is 9.79 Å². The van der Waals surface area contributed by atoms with Gasteiger partial charge in [-0.3, -0.25) is 10.1 Å². The van der Waals surface area contributed by atoms with E-state index in [1.54, 1.807) is 25.1 Å². The van der Waals surface area contributed by atoms with Gasteiger partial charge in [0.15, 0.2) is 5.70 Å². The number of nitro groups is 1. The number of cyclic esters (lactones) is 1. The van der Waals surface area contributed by atoms with E-state index in [1.165, 1.54) is 6.07 Å². The Bertz CT molecular complexity index is 919. The molecule has 0 spiro atoms. The number of rotatable bonds is 3. The van der Waals surface area contributed by atoms with Gasteiger partial charge in [-0.05, 0) is 59.4 Å². The molecule has 0 radical (unpaired) electrons. The summed E-state index contributed by atoms with van der Waals surface area (Å²) in [4.78, 5) is 26.7. The van der Waals surface area contributed by atoms with E-state index < -0.39 is 10.9 Å². The van der Waals surface area contributed by atoms with Crippen LogP contribution >= 0.6 is 22.6 Å². The van der Waals surface area contributed by atoms with Gasteiger partial charge in [0, 0.05) is 20.8 Å². The van der Waals surface area contributed by atoms with Gasteiger partial charge in [0.25, 0.3) is 5.69 Å². The lowest BCUT2D eigenvalue weighted by atomic mass is 10.1. The van der Waals surface area contributed by atoms with Crippen molar-refractivity contribution in [2.45, 2.75) is 6.92 Å². The summed E-state index contributed by atoms with van der Waals surface area (Å²) >= 11 is 2.18. The van der Waals surface area contributed by atoms with Crippen LogP contribution in [0.5, 0.6) is 0 Å². The Morgan fingerprint density at radius 3 is 2.75 bits per heavy atom. The monoisotopic (exact) mass is 434 g/mol. The molecular formula is C17H11IN2O4. The summed E-state index contributed by atoms with van der Waals surface area (Å²) in [7, 11) is 0. The van der Waals surface area contributed by atoms with Gasteiger partial charge < -0.3 is 4.74 Å². The fourth-order valence-corrected chi connectivity index (χ4v) is 2.79. The zero-order valence-corrected chi connectivity index (χ0v) is 14.7. The van der Waals surface area contributed by atoms with Gasteiger partial charge in [-0.15, -0.1) is 0 Å². The van der Waals surface area contributed by atoms with E-state index in [4.69, 9.17) is 4.74 Å². The second kappa shape index (κ2) is 6.52. The van der Waals surface area contributed by atoms with Crippen molar-refractivity contribution in [3.8, 4) is 0 Å². The first-order valence-corrected chi connectivity index (χ1v) is 8.05. The van der Waals surface area contributed by atoms with Gasteiger partial charge in [0.05, 0.1) is 4.92 Å². The van der Waals surface area contributed by atoms with Crippen molar-refractivity contribution in [3.63, 3.8) is 0 Å². The number of esters is 1. The Hall–Kier alpha value is -2.55. The Morgan fingerprint density at radius 2 is 2.04 bits per heavy atom. The van der Waals surface area contributed by atoms with E-state index in [-0.39, 0.29) is 17.3 Å². The zero-order valence-electron chi connectivity index (χ0n) is 12.5. The van der Waals surface area contributed by atoms with Crippen LogP contribution in [0.2, 0.25) is 0 Å². The van der Waals surface area contributed by atoms with Crippen LogP contribution < -0.4 is 0 Å². The second-order valence-corrected chi connectivity index (χ2v) is 6.40. The summed E-state index contributed by atoms with van der Waals surface area (Å²) in [5.41, 5.74) is 1.88. The zero-order chi connectivity index (χ0) is 17.3. The number of nitrogens with zero attached hydrogens (tertiary/aromatic N) is 2. The number of aryl methyl sites for hydroxylation is 1. The molecule has 2 aromatic rings. The van der Waals surface area contributed by atoms with Crippen LogP contribution in [-0.4, -0.2) is 16.8 Å². The molecule has 0 aromatic heterocycles. The maximum Gasteiger partial charge on any atom is 0.363 e. The maximum absolute atomic E-state index is 12.0. The molecule has 1 aliphatic rings. The van der Waals surface area contributed by atoms with Gasteiger partial charge in [-0.2, -0.15) is 0 Å². The van der Waals surface area contributed by atoms with E-state index in [0.717, 1.165) is 9.13 Å². The van der Waals surface area contributed by atoms with Gasteiger partial charge in [0.2, 0.25) is 5.90 Å². The Labute approximate surface area is 151 Å². The fourth-order valence-electron chi connectivity index (χ4n) is 2.23. The topological polar surface area (TPSA) is 81.8 Å². The van der Waals surface area contributed by atoms with Crippen LogP contribution in [0.15, 0.2) is 53.2 Å². The van der Waals surface area contributed by atoms with E-state index >= 15 is 0 Å². The highest BCUT2D eigenvalue weighted by Gasteiger charge is 2.25. The molecular weight excluding hydrogens is 423 g/mol. The third kappa shape index (κ3) is 3.35. The maximum atomic E-state index is 12.0. The summed E-state index contributed by atoms with van der Waals surface area (Å²) in [5.74, 6) is -0.507. The molecule has 3 rings (SSSR count). The molecule has 0 unspecified atom stereocenters. The van der Waals surface area contributed by atoms with Crippen molar-refractivity contribution in [2.75, 3.05) is 0 Å². The standard InChI is InChI=1S/C17H11IN2O4/c1-10-5-6-12(9-15(10)20(22)23)16-19-14(17(21)24-16)8-11-3-2-4-13(18)7-11/h2-9H,1H3/b14-8-. The third-order valence-corrected chi connectivity index (χ3v) is 4.10. The molecule has 0 N–H and O–H groups in total. The first-order valence-electron chi connectivity index (χ1n) is 6.97. The number of aliphatic imine (C=N–C) groups is 1. The number of carbonyl (C=O) groups is 1. The van der Waals surface area contributed by atoms with Crippen molar-refractivity contribution in [1.29, 1.82) is 0 Å². The highest BCUT2D eigenvalue weighted by molar-refractivity contribution is 14.1. The van der Waals surface area contributed by atoms with Crippen LogP contribution in [0.3, 0.4) is 0 Å². The average molecular weight is 434 g/mol. The largest absolute Gasteiger partial charge is 0.402 e. The minimum absolute atomic E-state index is 0.0405. The molecule has 2 aromatic carbocycles. The van der Waals surface area contributed by atoms with E-state index in [2.05, 4.69) is 27.6 Å². The average Bonchev–Trinajstić information content (AvgIpc) is 2.88. The molecule has 1 heterocycles. The van der Waals surface area contributed by atoms with Crippen molar-refractivity contribution in [3.05, 3.63) is 78.5 Å². The lowest BCUT2D eigenvalue weighted by molar-refractivity contribution is -0.385. The molecule has 7 heteroatoms. The van der Waals surface area contributed by atoms with Gasteiger partial charge >= 0.3 is 5.97 Å². The molecule has 0 bridgehead atoms. The molecule has 0 amide bonds. The number of halogens is 1. The Morgan fingerprint density at radius 1 is 1.25 bits per heavy atom. The van der Waals surface area contributed by atoms with Crippen molar-refractivity contribution in [2.24, 2.45) is 4.99 Å². The normalized spacial score (nSPS) is 15.3. The highest BCUT2D eigenvalue weighted by atomic mass is 127. The molecule has 0 saturated heterocycles. The first-order chi connectivity index (χ1) is 11.4. The minimum Gasteiger partial charge on any atom is -0.402 e. The van der Waals surface area contributed by atoms with Crippen molar-refractivity contribution in [1.82, 2.24) is 0 Å². The lowest BCUT2D eigenvalue weighted by Crippen LogP contribution is -2.06. The summed E-state index contributed by atoms with van der Waals surface area (Å²) in [6, 6.07) is 12.2. The van der Waals surface area contributed by atoms with Crippen LogP contribution in [0, 0.1) is 20.6 Å². The molecule has 6 nitrogen and oxygen atoms in total. The van der Waals surface area contributed by atoms with Crippen LogP contribution in [0.1, 0.15) is 16.7 Å². The van der Waals surface area contributed by atoms with Crippen LogP contribution in [0.4, 0.5) is 5.69 Å². The number of hydrogen-bond donors (Lipinski definition) is 0. The summed E-state index contributed by atoms with van der Waals surface area (Å²) < 4.78 is 6.19. The lowest BCUT2D eigenvalue weighted by Gasteiger charge is -2.01. The van der Waals surface area contributed by atoms with Crippen LogP contribution in [-0.2, 0) is 9.53 Å². The predicted octanol–water partition coefficient (Wildman–Crippen LogP) is 3.85. The van der Waals surface area contributed by atoms with Crippen LogP contribution in [0.25, 0.3) is 6.08 Å². The SMILES string of the molecule is Cc1ccc(C2=N/C(=C\c3cccc(I)c3)C(=O)O2)cc1[N+](=O)[O-].